The van der Waals surface area contributed by atoms with Crippen LogP contribution in [0.25, 0.3) is 0 Å². The van der Waals surface area contributed by atoms with Gasteiger partial charge in [-0.1, -0.05) is 0 Å². The van der Waals surface area contributed by atoms with Crippen molar-refractivity contribution in [3.05, 3.63) is 23.7 Å². The number of hydrogen-bond donors (Lipinski definition) is 0. The summed E-state index contributed by atoms with van der Waals surface area (Å²) >= 11 is 0. The maximum absolute atomic E-state index is 11.8. The number of furan rings is 1. The summed E-state index contributed by atoms with van der Waals surface area (Å²) in [7, 11) is 0. The van der Waals surface area contributed by atoms with Crippen molar-refractivity contribution in [1.82, 2.24) is 0 Å². The lowest BCUT2D eigenvalue weighted by Gasteiger charge is -2.02. The first kappa shape index (κ1) is 8.83. The number of carbonyl (C=O) groups excluding carboxylic acids is 1. The third kappa shape index (κ3) is 1.49. The van der Waals surface area contributed by atoms with E-state index in [1.807, 2.05) is 0 Å². The van der Waals surface area contributed by atoms with E-state index in [0.717, 1.165) is 12.3 Å². The van der Waals surface area contributed by atoms with Gasteiger partial charge in [-0.15, -0.1) is 0 Å². The van der Waals surface area contributed by atoms with Gasteiger partial charge in [-0.05, 0) is 13.0 Å². The van der Waals surface area contributed by atoms with Crippen LogP contribution in [0.1, 0.15) is 16.1 Å². The van der Waals surface area contributed by atoms with Gasteiger partial charge in [0.05, 0.1) is 11.8 Å². The van der Waals surface area contributed by atoms with Crippen molar-refractivity contribution in [2.75, 3.05) is 0 Å². The average Bonchev–Trinajstić information content (AvgIpc) is 2.31. The number of halogens is 3. The van der Waals surface area contributed by atoms with Gasteiger partial charge in [-0.3, -0.25) is 4.79 Å². The van der Waals surface area contributed by atoms with E-state index >= 15 is 0 Å². The molecule has 12 heavy (non-hydrogen) atoms. The first-order valence-electron chi connectivity index (χ1n) is 3.08. The molecule has 0 aromatic carbocycles. The molecule has 0 radical (unpaired) electrons. The van der Waals surface area contributed by atoms with Crippen molar-refractivity contribution in [3.63, 3.8) is 0 Å². The smallest absolute Gasteiger partial charge is 0.455 e. The molecule has 0 amide bonds. The summed E-state index contributed by atoms with van der Waals surface area (Å²) in [5.74, 6) is -1.88. The van der Waals surface area contributed by atoms with Gasteiger partial charge in [0.1, 0.15) is 5.76 Å². The molecule has 5 heteroatoms. The lowest BCUT2D eigenvalue weighted by atomic mass is 10.2. The van der Waals surface area contributed by atoms with E-state index in [1.54, 1.807) is 0 Å². The molecular weight excluding hydrogens is 173 g/mol. The highest BCUT2D eigenvalue weighted by atomic mass is 19.4. The molecule has 1 rings (SSSR count). The van der Waals surface area contributed by atoms with Gasteiger partial charge in [0, 0.05) is 0 Å². The Morgan fingerprint density at radius 3 is 2.42 bits per heavy atom. The molecule has 0 aliphatic carbocycles. The molecule has 1 aromatic heterocycles. The van der Waals surface area contributed by atoms with Crippen LogP contribution in [0.4, 0.5) is 13.2 Å². The molecule has 2 nitrogen and oxygen atoms in total. The van der Waals surface area contributed by atoms with Crippen molar-refractivity contribution in [1.29, 1.82) is 0 Å². The second kappa shape index (κ2) is 2.66. The predicted molar refractivity (Wildman–Crippen MR) is 33.8 cm³/mol. The summed E-state index contributed by atoms with van der Waals surface area (Å²) in [5.41, 5.74) is -0.428. The van der Waals surface area contributed by atoms with Gasteiger partial charge in [0.2, 0.25) is 0 Å². The zero-order valence-corrected chi connectivity index (χ0v) is 6.11. The second-order valence-corrected chi connectivity index (χ2v) is 2.22. The quantitative estimate of drug-likeness (QED) is 0.617. The molecule has 0 saturated carbocycles. The van der Waals surface area contributed by atoms with Crippen molar-refractivity contribution in [2.24, 2.45) is 0 Å². The molecule has 0 aliphatic heterocycles. The summed E-state index contributed by atoms with van der Waals surface area (Å²) in [6.45, 7) is 1.30. The van der Waals surface area contributed by atoms with E-state index in [4.69, 9.17) is 0 Å². The van der Waals surface area contributed by atoms with E-state index in [2.05, 4.69) is 4.42 Å². The Bertz CT molecular complexity index is 298. The predicted octanol–water partition coefficient (Wildman–Crippen LogP) is 2.33. The van der Waals surface area contributed by atoms with Crippen LogP contribution in [0, 0.1) is 6.92 Å². The summed E-state index contributed by atoms with van der Waals surface area (Å²) < 4.78 is 40.0. The number of rotatable bonds is 1. The van der Waals surface area contributed by atoms with Crippen LogP contribution < -0.4 is 0 Å². The molecule has 0 atom stereocenters. The number of Topliss-reactive ketones (excluding diaryl/α,β-unsaturated/α-hetero) is 1. The van der Waals surface area contributed by atoms with Crippen molar-refractivity contribution < 1.29 is 22.4 Å². The van der Waals surface area contributed by atoms with Crippen molar-refractivity contribution >= 4 is 5.78 Å². The maximum Gasteiger partial charge on any atom is 0.455 e. The minimum atomic E-state index is -4.82. The van der Waals surface area contributed by atoms with Gasteiger partial charge < -0.3 is 4.42 Å². The minimum Gasteiger partial charge on any atom is -0.469 e. The van der Waals surface area contributed by atoms with E-state index in [-0.39, 0.29) is 5.76 Å². The van der Waals surface area contributed by atoms with E-state index in [1.165, 1.54) is 6.92 Å². The fraction of sp³-hybridized carbons (Fsp3) is 0.286. The molecule has 1 heterocycles. The van der Waals surface area contributed by atoms with Gasteiger partial charge in [0.25, 0.3) is 5.78 Å². The number of carbonyl (C=O) groups is 1. The standard InChI is InChI=1S/C7H5F3O2/c1-4-5(2-3-12-4)6(11)7(8,9)10/h2-3H,1H3. The lowest BCUT2D eigenvalue weighted by Crippen LogP contribution is -2.22. The summed E-state index contributed by atoms with van der Waals surface area (Å²) in [6.07, 6.45) is -3.77. The third-order valence-electron chi connectivity index (χ3n) is 1.36. The van der Waals surface area contributed by atoms with Gasteiger partial charge in [0.15, 0.2) is 0 Å². The Hall–Kier alpha value is -1.26. The summed E-state index contributed by atoms with van der Waals surface area (Å²) in [4.78, 5) is 10.6. The van der Waals surface area contributed by atoms with Crippen molar-refractivity contribution in [3.8, 4) is 0 Å². The van der Waals surface area contributed by atoms with Gasteiger partial charge >= 0.3 is 6.18 Å². The fourth-order valence-electron chi connectivity index (χ4n) is 0.773. The molecule has 1 aromatic rings. The first-order valence-corrected chi connectivity index (χ1v) is 3.08. The van der Waals surface area contributed by atoms with E-state index in [0.29, 0.717) is 0 Å². The molecule has 0 saturated heterocycles. The summed E-state index contributed by atoms with van der Waals surface area (Å²) in [6, 6.07) is 1.01. The number of alkyl halides is 3. The van der Waals surface area contributed by atoms with Gasteiger partial charge in [-0.2, -0.15) is 13.2 Å². The Kier molecular flexibility index (Phi) is 1.95. The highest BCUT2D eigenvalue weighted by Crippen LogP contribution is 2.23. The SMILES string of the molecule is Cc1occc1C(=O)C(F)(F)F. The first-order chi connectivity index (χ1) is 5.43. The molecule has 0 N–H and O–H groups in total. The second-order valence-electron chi connectivity index (χ2n) is 2.22. The zero-order valence-electron chi connectivity index (χ0n) is 6.11. The topological polar surface area (TPSA) is 30.2 Å². The minimum absolute atomic E-state index is 0.0164. The van der Waals surface area contributed by atoms with Crippen LogP contribution in [0.15, 0.2) is 16.7 Å². The molecule has 0 unspecified atom stereocenters. The van der Waals surface area contributed by atoms with E-state index < -0.39 is 17.5 Å². The van der Waals surface area contributed by atoms with Crippen LogP contribution in [-0.4, -0.2) is 12.0 Å². The van der Waals surface area contributed by atoms with Crippen molar-refractivity contribution in [2.45, 2.75) is 13.1 Å². The molecule has 66 valence electrons. The maximum atomic E-state index is 11.8. The van der Waals surface area contributed by atoms with Gasteiger partial charge in [-0.25, -0.2) is 0 Å². The Labute approximate surface area is 66.0 Å². The lowest BCUT2D eigenvalue weighted by molar-refractivity contribution is -0.0886. The van der Waals surface area contributed by atoms with E-state index in [9.17, 15) is 18.0 Å². The molecule has 0 spiro atoms. The normalized spacial score (nSPS) is 11.7. The summed E-state index contributed by atoms with van der Waals surface area (Å²) in [5, 5.41) is 0. The zero-order chi connectivity index (χ0) is 9.35. The highest BCUT2D eigenvalue weighted by molar-refractivity contribution is 6.00. The molecular formula is C7H5F3O2. The molecule has 0 aliphatic rings. The molecule has 0 bridgehead atoms. The van der Waals surface area contributed by atoms with Crippen LogP contribution in [-0.2, 0) is 0 Å². The number of ketones is 1. The van der Waals surface area contributed by atoms with Crippen LogP contribution in [0.3, 0.4) is 0 Å². The third-order valence-corrected chi connectivity index (χ3v) is 1.36. The monoisotopic (exact) mass is 178 g/mol. The highest BCUT2D eigenvalue weighted by Gasteiger charge is 2.40. The number of aryl methyl sites for hydroxylation is 1. The Morgan fingerprint density at radius 2 is 2.08 bits per heavy atom. The van der Waals surface area contributed by atoms with Crippen LogP contribution in [0.5, 0.6) is 0 Å². The van der Waals surface area contributed by atoms with Crippen LogP contribution in [0.2, 0.25) is 0 Å². The fourth-order valence-corrected chi connectivity index (χ4v) is 0.773. The van der Waals surface area contributed by atoms with Crippen LogP contribution >= 0.6 is 0 Å². The Balaban J connectivity index is 3.01. The average molecular weight is 178 g/mol. The Morgan fingerprint density at radius 1 is 1.50 bits per heavy atom. The largest absolute Gasteiger partial charge is 0.469 e. The number of hydrogen-bond acceptors (Lipinski definition) is 2. The molecule has 0 fully saturated rings.